The fraction of sp³-hybridized carbons (Fsp3) is 0.319. The Hall–Kier alpha value is -5.56. The highest BCUT2D eigenvalue weighted by atomic mass is 16.7. The summed E-state index contributed by atoms with van der Waals surface area (Å²) in [6.07, 6.45) is -4.40. The first-order chi connectivity index (χ1) is 27.8. The van der Waals surface area contributed by atoms with Gasteiger partial charge in [-0.05, 0) is 41.2 Å². The van der Waals surface area contributed by atoms with Gasteiger partial charge in [0.25, 0.3) is 0 Å². The van der Waals surface area contributed by atoms with Crippen LogP contribution in [0.2, 0.25) is 0 Å². The Balaban J connectivity index is 1.77. The number of methoxy groups -OCH3 is 4. The molecule has 11 nitrogen and oxygen atoms in total. The van der Waals surface area contributed by atoms with E-state index in [-0.39, 0.29) is 52.9 Å². The van der Waals surface area contributed by atoms with Crippen LogP contribution >= 0.6 is 0 Å². The lowest BCUT2D eigenvalue weighted by Crippen LogP contribution is -2.50. The molecule has 5 rings (SSSR count). The summed E-state index contributed by atoms with van der Waals surface area (Å²) in [5.74, 6) is -1.54. The maximum absolute atomic E-state index is 14.9. The molecule has 3 atom stereocenters. The van der Waals surface area contributed by atoms with Crippen molar-refractivity contribution in [3.63, 3.8) is 0 Å². The molecule has 0 aliphatic carbocycles. The fourth-order valence-corrected chi connectivity index (χ4v) is 7.03. The zero-order valence-corrected chi connectivity index (χ0v) is 34.2. The van der Waals surface area contributed by atoms with E-state index in [1.807, 2.05) is 81.4 Å². The molecule has 0 spiro atoms. The number of hydrogen-bond acceptors (Lipinski definition) is 11. The van der Waals surface area contributed by atoms with Crippen molar-refractivity contribution in [1.29, 1.82) is 0 Å². The predicted octanol–water partition coefficient (Wildman–Crippen LogP) is 8.13. The third-order valence-corrected chi connectivity index (χ3v) is 9.89. The molecule has 0 amide bonds. The number of Topliss-reactive ketones (excluding diaryl/α,β-unsaturated/α-hetero) is 1. The molecule has 0 fully saturated rings. The molecule has 2 N–H and O–H groups in total. The first-order valence-electron chi connectivity index (χ1n) is 18.8. The number of aliphatic hydroxyl groups excluding tert-OH is 2. The summed E-state index contributed by atoms with van der Waals surface area (Å²) in [5, 5.41) is 23.3. The zero-order valence-electron chi connectivity index (χ0n) is 34.2. The van der Waals surface area contributed by atoms with Crippen molar-refractivity contribution in [2.24, 2.45) is 0 Å². The highest BCUT2D eigenvalue weighted by Crippen LogP contribution is 2.55. The maximum Gasteiger partial charge on any atom is 0.351 e. The van der Waals surface area contributed by atoms with E-state index < -0.39 is 41.3 Å². The summed E-state index contributed by atoms with van der Waals surface area (Å²) >= 11 is 0. The van der Waals surface area contributed by atoms with E-state index in [0.717, 1.165) is 11.1 Å². The lowest BCUT2D eigenvalue weighted by Gasteiger charge is -2.42. The number of rotatable bonds is 18. The Bertz CT molecular complexity index is 2130. The van der Waals surface area contributed by atoms with Gasteiger partial charge in [-0.25, -0.2) is 4.79 Å². The number of carbonyl (C=O) groups excluding carboxylic acids is 2. The van der Waals surface area contributed by atoms with E-state index in [1.165, 1.54) is 40.6 Å². The van der Waals surface area contributed by atoms with Gasteiger partial charge in [0, 0.05) is 19.8 Å². The molecule has 0 saturated carbocycles. The van der Waals surface area contributed by atoms with Gasteiger partial charge in [-0.15, -0.1) is 0 Å². The van der Waals surface area contributed by atoms with Crippen LogP contribution in [0.1, 0.15) is 82.3 Å². The average Bonchev–Trinajstić information content (AvgIpc) is 3.24. The standard InChI is InChI=1S/C47H52O11/c1-46(2,3)36-40(52-5)35(43(50)58-34-27-19-18-26-33(34)39(49)38(48)32-24-16-11-17-25-32)41(53-6)37(42(36)56-28-30-20-12-9-13-21-30)47(4,45(54-7)55-8)44(51)57-29-31-22-14-10-15-23-31/h9-27,38,44-45,48,51H,28-29H2,1-8H3. The van der Waals surface area contributed by atoms with Crippen molar-refractivity contribution in [3.05, 3.63) is 154 Å². The summed E-state index contributed by atoms with van der Waals surface area (Å²) in [5.41, 5.74) is -0.0765. The van der Waals surface area contributed by atoms with Gasteiger partial charge >= 0.3 is 5.97 Å². The minimum absolute atomic E-state index is 0.0110. The van der Waals surface area contributed by atoms with Crippen molar-refractivity contribution in [2.75, 3.05) is 28.4 Å². The predicted molar refractivity (Wildman–Crippen MR) is 219 cm³/mol. The van der Waals surface area contributed by atoms with Crippen molar-refractivity contribution in [3.8, 4) is 23.0 Å². The molecule has 0 heterocycles. The van der Waals surface area contributed by atoms with Gasteiger partial charge in [0.1, 0.15) is 46.7 Å². The Labute approximate surface area is 340 Å². The van der Waals surface area contributed by atoms with Gasteiger partial charge in [-0.2, -0.15) is 0 Å². The lowest BCUT2D eigenvalue weighted by atomic mass is 9.73. The number of benzene rings is 5. The topological polar surface area (TPSA) is 139 Å². The molecule has 3 unspecified atom stereocenters. The maximum atomic E-state index is 14.9. The molecule has 0 aliphatic heterocycles. The second kappa shape index (κ2) is 19.3. The number of ketones is 1. The highest BCUT2D eigenvalue weighted by molar-refractivity contribution is 6.04. The van der Waals surface area contributed by atoms with Gasteiger partial charge in [-0.1, -0.05) is 124 Å². The number of para-hydroxylation sites is 1. The molecule has 0 radical (unpaired) electrons. The Kier molecular flexibility index (Phi) is 14.5. The zero-order chi connectivity index (χ0) is 42.0. The molecular formula is C47H52O11. The monoisotopic (exact) mass is 792 g/mol. The van der Waals surface area contributed by atoms with Crippen LogP contribution in [0.3, 0.4) is 0 Å². The molecule has 5 aromatic carbocycles. The van der Waals surface area contributed by atoms with E-state index in [1.54, 1.807) is 49.4 Å². The van der Waals surface area contributed by atoms with Gasteiger partial charge in [0.15, 0.2) is 18.4 Å². The molecule has 5 aromatic rings. The van der Waals surface area contributed by atoms with Crippen molar-refractivity contribution >= 4 is 11.8 Å². The van der Waals surface area contributed by atoms with Crippen LogP contribution in [0.25, 0.3) is 0 Å². The Morgan fingerprint density at radius 1 is 0.621 bits per heavy atom. The molecule has 0 aliphatic rings. The normalized spacial score (nSPS) is 13.6. The van der Waals surface area contributed by atoms with E-state index >= 15 is 0 Å². The van der Waals surface area contributed by atoms with Crippen LogP contribution < -0.4 is 18.9 Å². The number of carbonyl (C=O) groups is 2. The minimum Gasteiger partial charge on any atom is -0.495 e. The smallest absolute Gasteiger partial charge is 0.351 e. The molecule has 11 heteroatoms. The van der Waals surface area contributed by atoms with Gasteiger partial charge in [0.2, 0.25) is 0 Å². The first-order valence-corrected chi connectivity index (χ1v) is 18.8. The van der Waals surface area contributed by atoms with Crippen LogP contribution in [0.4, 0.5) is 0 Å². The number of aliphatic hydroxyl groups is 2. The van der Waals surface area contributed by atoms with E-state index in [0.29, 0.717) is 11.1 Å². The number of hydrogen-bond donors (Lipinski definition) is 2. The third kappa shape index (κ3) is 9.25. The molecule has 0 bridgehead atoms. The summed E-state index contributed by atoms with van der Waals surface area (Å²) < 4.78 is 43.1. The SMILES string of the molecule is COc1c(C(=O)Oc2ccccc2C(=O)C(O)c2ccccc2)c(OC)c(C(C)(C(O)OCc2ccccc2)C(OC)OC)c(OCc2ccccc2)c1C(C)(C)C. The fourth-order valence-electron chi connectivity index (χ4n) is 7.03. The van der Waals surface area contributed by atoms with E-state index in [4.69, 9.17) is 33.2 Å². The largest absolute Gasteiger partial charge is 0.495 e. The Morgan fingerprint density at radius 2 is 1.12 bits per heavy atom. The quantitative estimate of drug-likeness (QED) is 0.0385. The van der Waals surface area contributed by atoms with Crippen molar-refractivity contribution in [1.82, 2.24) is 0 Å². The van der Waals surface area contributed by atoms with E-state index in [2.05, 4.69) is 0 Å². The second-order valence-corrected chi connectivity index (χ2v) is 14.8. The molecule has 306 valence electrons. The summed E-state index contributed by atoms with van der Waals surface area (Å²) in [6.45, 7) is 7.53. The summed E-state index contributed by atoms with van der Waals surface area (Å²) in [4.78, 5) is 28.6. The van der Waals surface area contributed by atoms with Gasteiger partial charge in [-0.3, -0.25) is 4.79 Å². The van der Waals surface area contributed by atoms with Crippen molar-refractivity contribution in [2.45, 2.75) is 70.4 Å². The summed E-state index contributed by atoms with van der Waals surface area (Å²) in [6, 6.07) is 33.4. The van der Waals surface area contributed by atoms with Gasteiger partial charge in [0.05, 0.1) is 32.0 Å². The van der Waals surface area contributed by atoms with Crippen LogP contribution in [0, 0.1) is 0 Å². The first kappa shape index (κ1) is 43.6. The van der Waals surface area contributed by atoms with Crippen LogP contribution in [0.15, 0.2) is 115 Å². The lowest BCUT2D eigenvalue weighted by molar-refractivity contribution is -0.235. The minimum atomic E-state index is -1.69. The second-order valence-electron chi connectivity index (χ2n) is 14.8. The molecular weight excluding hydrogens is 741 g/mol. The molecule has 0 saturated heterocycles. The average molecular weight is 793 g/mol. The van der Waals surface area contributed by atoms with Crippen molar-refractivity contribution < 1.29 is 53.0 Å². The van der Waals surface area contributed by atoms with Crippen LogP contribution in [-0.2, 0) is 38.3 Å². The van der Waals surface area contributed by atoms with Gasteiger partial charge < -0.3 is 43.4 Å². The summed E-state index contributed by atoms with van der Waals surface area (Å²) in [7, 11) is 5.63. The molecule has 58 heavy (non-hydrogen) atoms. The number of ether oxygens (including phenoxy) is 7. The third-order valence-electron chi connectivity index (χ3n) is 9.89. The highest BCUT2D eigenvalue weighted by Gasteiger charge is 2.52. The van der Waals surface area contributed by atoms with E-state index in [9.17, 15) is 19.8 Å². The van der Waals surface area contributed by atoms with Crippen LogP contribution in [-0.4, -0.2) is 63.0 Å². The number of esters is 1. The Morgan fingerprint density at radius 3 is 1.66 bits per heavy atom. The van der Waals surface area contributed by atoms with Crippen LogP contribution in [0.5, 0.6) is 23.0 Å². The molecule has 0 aromatic heterocycles.